The molecule has 3 heterocycles. The van der Waals surface area contributed by atoms with Gasteiger partial charge in [0.2, 0.25) is 0 Å². The van der Waals surface area contributed by atoms with Crippen molar-refractivity contribution in [3.05, 3.63) is 60.7 Å². The molecule has 1 fully saturated rings. The summed E-state index contributed by atoms with van der Waals surface area (Å²) in [4.78, 5) is 41.6. The van der Waals surface area contributed by atoms with Gasteiger partial charge >= 0.3 is 12.2 Å². The van der Waals surface area contributed by atoms with Crippen LogP contribution in [-0.4, -0.2) is 144 Å². The summed E-state index contributed by atoms with van der Waals surface area (Å²) in [7, 11) is 0.823. The Labute approximate surface area is 402 Å². The van der Waals surface area contributed by atoms with E-state index < -0.39 is 26.3 Å². The monoisotopic (exact) mass is 956 g/mol. The molecular weight excluding hydrogens is 888 g/mol. The fourth-order valence-electron chi connectivity index (χ4n) is 7.94. The normalized spacial score (nSPS) is 14.6. The molecule has 2 aromatic heterocycles. The Morgan fingerprint density at radius 3 is 1.94 bits per heavy atom. The molecule has 5 aromatic rings. The number of rotatable bonds is 23. The second-order valence-electron chi connectivity index (χ2n) is 17.9. The molecule has 1 aliphatic heterocycles. The van der Waals surface area contributed by atoms with Gasteiger partial charge in [0.25, 0.3) is 8.53 Å². The number of piperazine rings is 1. The lowest BCUT2D eigenvalue weighted by Gasteiger charge is -2.35. The fraction of sp³-hybridized carbons (Fsp3) is 0.540. The Balaban J connectivity index is 1.09. The van der Waals surface area contributed by atoms with Gasteiger partial charge in [-0.15, -0.1) is 0 Å². The summed E-state index contributed by atoms with van der Waals surface area (Å²) in [5, 5.41) is 8.99. The third kappa shape index (κ3) is 13.3. The zero-order valence-electron chi connectivity index (χ0n) is 41.4. The van der Waals surface area contributed by atoms with E-state index in [1.165, 1.54) is 9.13 Å². The summed E-state index contributed by atoms with van der Waals surface area (Å²) < 4.78 is 46.8. The van der Waals surface area contributed by atoms with Crippen LogP contribution in [0.3, 0.4) is 0 Å². The number of likely N-dealkylation sites (N-methyl/N-ethyl adjacent to an activating group) is 1. The molecule has 2 atom stereocenters. The van der Waals surface area contributed by atoms with Gasteiger partial charge < -0.3 is 42.5 Å². The number of fused-ring (bicyclic) bond motifs is 2. The molecule has 1 aliphatic rings. The van der Waals surface area contributed by atoms with Crippen molar-refractivity contribution in [3.8, 4) is 34.6 Å². The minimum absolute atomic E-state index is 0.0726. The highest BCUT2D eigenvalue weighted by Crippen LogP contribution is 2.46. The standard InChI is InChI=1S/C50H69N8O9P/c1-11-61-48(59)56-44-20-16-39(47-53-43-33-40(55-26-24-54(10)25-27-55)17-21-45(43)57(47)49(60)62-12-2)32-42(44)52-46(56)38-14-18-41(19-15-38)63-30-31-65-50(8,9)34-64-37(7)22-29-67-68(66-28-13-23-51)58(35(3)4)36(5)6/h14-21,32-33,35-37H,11-13,22,24-31,34H2,1-10H3. The number of benzene rings is 3. The highest BCUT2D eigenvalue weighted by molar-refractivity contribution is 7.44. The Kier molecular flexibility index (Phi) is 18.7. The molecule has 0 spiro atoms. The van der Waals surface area contributed by atoms with Gasteiger partial charge in [0.1, 0.15) is 12.4 Å². The summed E-state index contributed by atoms with van der Waals surface area (Å²) in [6.07, 6.45) is -0.173. The SMILES string of the molecule is CCOC(=O)n1c(-c2ccc(OCCOC(C)(C)COC(C)CCOP(OCCC#N)N(C(C)C)C(C)C)cc2)nc2cc(-c3nc4cc(N5CCN(C)CC5)ccc4n3C(=O)OCC)ccc21. The first kappa shape index (κ1) is 52.2. The Hall–Kier alpha value is -5.18. The van der Waals surface area contributed by atoms with Crippen LogP contribution in [0.5, 0.6) is 5.75 Å². The van der Waals surface area contributed by atoms with Crippen LogP contribution in [0.1, 0.15) is 75.2 Å². The molecule has 1 saturated heterocycles. The van der Waals surface area contributed by atoms with Crippen LogP contribution < -0.4 is 9.64 Å². The van der Waals surface area contributed by atoms with Crippen molar-refractivity contribution in [2.45, 2.75) is 98.9 Å². The average molecular weight is 957 g/mol. The molecule has 368 valence electrons. The lowest BCUT2D eigenvalue weighted by atomic mass is 10.1. The molecule has 0 aliphatic carbocycles. The van der Waals surface area contributed by atoms with E-state index in [0.29, 0.717) is 96.5 Å². The summed E-state index contributed by atoms with van der Waals surface area (Å²) in [5.74, 6) is 1.42. The minimum atomic E-state index is -1.30. The van der Waals surface area contributed by atoms with Gasteiger partial charge in [-0.2, -0.15) is 5.26 Å². The van der Waals surface area contributed by atoms with Gasteiger partial charge in [-0.3, -0.25) is 0 Å². The van der Waals surface area contributed by atoms with Gasteiger partial charge in [-0.25, -0.2) is 33.4 Å². The highest BCUT2D eigenvalue weighted by atomic mass is 31.2. The zero-order valence-corrected chi connectivity index (χ0v) is 42.3. The van der Waals surface area contributed by atoms with E-state index in [-0.39, 0.29) is 31.4 Å². The summed E-state index contributed by atoms with van der Waals surface area (Å²) >= 11 is 0. The quantitative estimate of drug-likeness (QED) is 0.0448. The smallest absolute Gasteiger partial charge is 0.420 e. The summed E-state index contributed by atoms with van der Waals surface area (Å²) in [5.41, 5.74) is 4.15. The molecule has 6 rings (SSSR count). The number of nitriles is 1. The van der Waals surface area contributed by atoms with E-state index in [1.807, 2.05) is 75.4 Å². The Morgan fingerprint density at radius 1 is 0.765 bits per heavy atom. The Morgan fingerprint density at radius 2 is 1.34 bits per heavy atom. The first-order chi connectivity index (χ1) is 32.6. The maximum Gasteiger partial charge on any atom is 0.420 e. The van der Waals surface area contributed by atoms with E-state index >= 15 is 0 Å². The van der Waals surface area contributed by atoms with Crippen molar-refractivity contribution < 1.29 is 42.3 Å². The van der Waals surface area contributed by atoms with Gasteiger partial charge in [0, 0.05) is 55.1 Å². The molecule has 0 amide bonds. The number of nitrogens with zero attached hydrogens (tertiary/aromatic N) is 8. The van der Waals surface area contributed by atoms with Crippen LogP contribution in [0, 0.1) is 11.3 Å². The summed E-state index contributed by atoms with van der Waals surface area (Å²) in [6, 6.07) is 21.4. The van der Waals surface area contributed by atoms with E-state index in [2.05, 4.69) is 55.3 Å². The van der Waals surface area contributed by atoms with Gasteiger partial charge in [0.15, 0.2) is 11.6 Å². The van der Waals surface area contributed by atoms with Gasteiger partial charge in [-0.05, 0) is 136 Å². The number of aromatic nitrogens is 4. The molecule has 0 radical (unpaired) electrons. The predicted molar refractivity (Wildman–Crippen MR) is 265 cm³/mol. The minimum Gasteiger partial charge on any atom is -0.491 e. The van der Waals surface area contributed by atoms with Crippen molar-refractivity contribution in [1.82, 2.24) is 28.7 Å². The largest absolute Gasteiger partial charge is 0.491 e. The molecular formula is C50H69N8O9P. The van der Waals surface area contributed by atoms with Crippen molar-refractivity contribution in [2.24, 2.45) is 0 Å². The number of imidazole rings is 2. The second-order valence-corrected chi connectivity index (χ2v) is 19.3. The predicted octanol–water partition coefficient (Wildman–Crippen LogP) is 9.74. The number of hydrogen-bond donors (Lipinski definition) is 0. The van der Waals surface area contributed by atoms with Crippen molar-refractivity contribution in [1.29, 1.82) is 5.26 Å². The van der Waals surface area contributed by atoms with E-state index in [1.54, 1.807) is 19.9 Å². The lowest BCUT2D eigenvalue weighted by Crippen LogP contribution is -2.44. The van der Waals surface area contributed by atoms with Gasteiger partial charge in [-0.1, -0.05) is 0 Å². The Bertz CT molecular complexity index is 2470. The molecule has 0 saturated carbocycles. The highest BCUT2D eigenvalue weighted by Gasteiger charge is 2.29. The molecule has 2 unspecified atom stereocenters. The first-order valence-corrected chi connectivity index (χ1v) is 24.8. The molecule has 0 N–H and O–H groups in total. The maximum absolute atomic E-state index is 13.5. The number of carbonyl (C=O) groups excluding carboxylic acids is 2. The fourth-order valence-corrected chi connectivity index (χ4v) is 9.54. The number of ether oxygens (including phenoxy) is 5. The molecule has 68 heavy (non-hydrogen) atoms. The lowest BCUT2D eigenvalue weighted by molar-refractivity contribution is -0.0982. The molecule has 17 nitrogen and oxygen atoms in total. The van der Waals surface area contributed by atoms with E-state index in [0.717, 1.165) is 31.9 Å². The molecule has 18 heteroatoms. The van der Waals surface area contributed by atoms with E-state index in [4.69, 9.17) is 48.0 Å². The van der Waals surface area contributed by atoms with Crippen molar-refractivity contribution in [3.63, 3.8) is 0 Å². The van der Waals surface area contributed by atoms with Crippen molar-refractivity contribution in [2.75, 3.05) is 84.4 Å². The van der Waals surface area contributed by atoms with Crippen LogP contribution in [-0.2, 0) is 28.0 Å². The average Bonchev–Trinajstić information content (AvgIpc) is 3.89. The topological polar surface area (TPSA) is 168 Å². The summed E-state index contributed by atoms with van der Waals surface area (Å²) in [6.45, 7) is 23.9. The zero-order chi connectivity index (χ0) is 49.0. The first-order valence-electron chi connectivity index (χ1n) is 23.7. The van der Waals surface area contributed by atoms with Gasteiger partial charge in [0.05, 0.1) is 85.9 Å². The van der Waals surface area contributed by atoms with Crippen LogP contribution in [0.2, 0.25) is 0 Å². The van der Waals surface area contributed by atoms with Crippen LogP contribution in [0.15, 0.2) is 60.7 Å². The maximum atomic E-state index is 13.5. The van der Waals surface area contributed by atoms with Crippen LogP contribution >= 0.6 is 8.53 Å². The number of hydrogen-bond acceptors (Lipinski definition) is 15. The number of carbonyl (C=O) groups is 2. The van der Waals surface area contributed by atoms with Crippen LogP contribution in [0.4, 0.5) is 15.3 Å². The molecule has 0 bridgehead atoms. The van der Waals surface area contributed by atoms with Crippen molar-refractivity contribution >= 4 is 48.5 Å². The van der Waals surface area contributed by atoms with Crippen LogP contribution in [0.25, 0.3) is 44.8 Å². The second kappa shape index (κ2) is 24.4. The third-order valence-electron chi connectivity index (χ3n) is 11.4. The number of anilines is 1. The van der Waals surface area contributed by atoms with E-state index in [9.17, 15) is 9.59 Å². The third-order valence-corrected chi connectivity index (χ3v) is 13.5. The molecule has 3 aromatic carbocycles.